The Labute approximate surface area is 97.5 Å². The summed E-state index contributed by atoms with van der Waals surface area (Å²) in [5, 5.41) is 0. The van der Waals surface area contributed by atoms with Crippen LogP contribution >= 0.6 is 0 Å². The molecule has 0 saturated carbocycles. The molecular formula is H3Au2Cl3O3. The molecule has 0 aliphatic rings. The van der Waals surface area contributed by atoms with E-state index in [-0.39, 0.29) is 98.4 Å². The van der Waals surface area contributed by atoms with Crippen LogP contribution in [-0.2, 0) is 44.8 Å². The van der Waals surface area contributed by atoms with Crippen LogP contribution in [0.3, 0.4) is 0 Å². The minimum Gasteiger partial charge on any atom is -1.00 e. The number of hydrogen-bond donors (Lipinski definition) is 0. The monoisotopic (exact) mass is 550 g/mol. The third kappa shape index (κ3) is 86.5. The van der Waals surface area contributed by atoms with Crippen molar-refractivity contribution < 1.29 is 98.4 Å². The van der Waals surface area contributed by atoms with Gasteiger partial charge < -0.3 is 53.6 Å². The zero-order valence-corrected chi connectivity index (χ0v) is 9.68. The second kappa shape index (κ2) is 126. The molecule has 0 aliphatic heterocycles. The number of rotatable bonds is 0. The predicted octanol–water partition coefficient (Wildman–Crippen LogP) is -9.52. The molecule has 64 valence electrons. The quantitative estimate of drug-likeness (QED) is 0.281. The van der Waals surface area contributed by atoms with Gasteiger partial charge in [-0.3, -0.25) is 0 Å². The molecule has 0 unspecified atom stereocenters. The van der Waals surface area contributed by atoms with Gasteiger partial charge in [-0.15, -0.1) is 0 Å². The Morgan fingerprint density at radius 2 is 0.375 bits per heavy atom. The summed E-state index contributed by atoms with van der Waals surface area (Å²) >= 11 is 0. The van der Waals surface area contributed by atoms with E-state index < -0.39 is 0 Å². The fourth-order valence-electron chi connectivity index (χ4n) is 0. The van der Waals surface area contributed by atoms with E-state index in [1.54, 1.807) is 0 Å². The summed E-state index contributed by atoms with van der Waals surface area (Å²) in [6, 6.07) is 0. The molecule has 8 heteroatoms. The molecule has 3 N–H and O–H groups in total. The molecule has 0 amide bonds. The molecule has 0 fully saturated rings. The van der Waals surface area contributed by atoms with E-state index in [1.807, 2.05) is 0 Å². The summed E-state index contributed by atoms with van der Waals surface area (Å²) in [5.41, 5.74) is 0. The Balaban J connectivity index is 0. The van der Waals surface area contributed by atoms with Crippen LogP contribution in [0, 0.1) is 0 Å². The standard InChI is InChI=1S/2Au.3ClH.3H2O/h;;3*1H;3*1H2/q2*+3;;;;;;/p-6. The maximum Gasteiger partial charge on any atom is 3.00 e. The van der Waals surface area contributed by atoms with Crippen LogP contribution in [0.25, 0.3) is 0 Å². The molecule has 3 nitrogen and oxygen atoms in total. The first-order valence-corrected chi connectivity index (χ1v) is 0. The van der Waals surface area contributed by atoms with Crippen LogP contribution in [0.1, 0.15) is 0 Å². The van der Waals surface area contributed by atoms with Gasteiger partial charge in [0.2, 0.25) is 0 Å². The van der Waals surface area contributed by atoms with E-state index >= 15 is 0 Å². The first-order valence-electron chi connectivity index (χ1n) is 0. The number of halogens is 3. The SMILES string of the molecule is [Au+3].[Au+3].[Cl-].[Cl-].[Cl-].[OH-].[OH-].[OH-]. The summed E-state index contributed by atoms with van der Waals surface area (Å²) in [6.45, 7) is 0. The minimum absolute atomic E-state index is 0. The van der Waals surface area contributed by atoms with E-state index in [1.165, 1.54) is 0 Å². The van der Waals surface area contributed by atoms with Gasteiger partial charge in [0.15, 0.2) is 0 Å². The maximum atomic E-state index is 0. The Kier molecular flexibility index (Phi) is 2750. The van der Waals surface area contributed by atoms with Crippen LogP contribution in [0.5, 0.6) is 0 Å². The van der Waals surface area contributed by atoms with Crippen LogP contribution in [0.15, 0.2) is 0 Å². The summed E-state index contributed by atoms with van der Waals surface area (Å²) < 4.78 is 0. The molecule has 0 radical (unpaired) electrons. The summed E-state index contributed by atoms with van der Waals surface area (Å²) in [7, 11) is 0. The molecule has 0 spiro atoms. The molecule has 0 aliphatic carbocycles. The molecule has 0 rings (SSSR count). The van der Waals surface area contributed by atoms with Crippen LogP contribution < -0.4 is 37.2 Å². The molecule has 0 saturated heterocycles. The minimum atomic E-state index is 0. The molecule has 0 aromatic rings. The largest absolute Gasteiger partial charge is 3.00 e. The van der Waals surface area contributed by atoms with E-state index in [4.69, 9.17) is 0 Å². The second-order valence-corrected chi connectivity index (χ2v) is 0. The smallest absolute Gasteiger partial charge is 1.00 e. The summed E-state index contributed by atoms with van der Waals surface area (Å²) in [5.74, 6) is 0. The topological polar surface area (TPSA) is 90.0 Å². The molecule has 0 atom stereocenters. The summed E-state index contributed by atoms with van der Waals surface area (Å²) in [6.07, 6.45) is 0. The van der Waals surface area contributed by atoms with Crippen molar-refractivity contribution >= 4 is 0 Å². The number of hydrogen-bond acceptors (Lipinski definition) is 3. The Bertz CT molecular complexity index is 12.5. The van der Waals surface area contributed by atoms with Crippen LogP contribution in [0.4, 0.5) is 0 Å². The normalized spacial score (nSPS) is 0. The Morgan fingerprint density at radius 3 is 0.375 bits per heavy atom. The molecule has 0 heterocycles. The molecule has 0 aromatic carbocycles. The van der Waals surface area contributed by atoms with Gasteiger partial charge in [0, 0.05) is 0 Å². The van der Waals surface area contributed by atoms with Crippen LogP contribution in [0.2, 0.25) is 0 Å². The van der Waals surface area contributed by atoms with E-state index in [0.29, 0.717) is 0 Å². The van der Waals surface area contributed by atoms with Gasteiger partial charge in [-0.05, 0) is 0 Å². The van der Waals surface area contributed by atoms with E-state index in [9.17, 15) is 0 Å². The predicted molar refractivity (Wildman–Crippen MR) is 5.81 cm³/mol. The molecule has 0 bridgehead atoms. The van der Waals surface area contributed by atoms with Crippen molar-refractivity contribution in [1.29, 1.82) is 0 Å². The van der Waals surface area contributed by atoms with Gasteiger partial charge in [-0.1, -0.05) is 0 Å². The molecule has 0 aromatic heterocycles. The summed E-state index contributed by atoms with van der Waals surface area (Å²) in [4.78, 5) is 0. The Morgan fingerprint density at radius 1 is 0.375 bits per heavy atom. The average Bonchev–Trinajstić information content (AvgIpc) is 0. The van der Waals surface area contributed by atoms with Gasteiger partial charge in [-0.25, -0.2) is 0 Å². The maximum absolute atomic E-state index is 0. The first-order chi connectivity index (χ1) is 0. The zero-order valence-electron chi connectivity index (χ0n) is 3.08. The van der Waals surface area contributed by atoms with Crippen molar-refractivity contribution in [3.8, 4) is 0 Å². The van der Waals surface area contributed by atoms with Gasteiger partial charge >= 0.3 is 44.8 Å². The first kappa shape index (κ1) is 175. The van der Waals surface area contributed by atoms with Gasteiger partial charge in [0.05, 0.1) is 0 Å². The van der Waals surface area contributed by atoms with Crippen molar-refractivity contribution in [2.24, 2.45) is 0 Å². The van der Waals surface area contributed by atoms with Crippen molar-refractivity contribution in [3.05, 3.63) is 0 Å². The van der Waals surface area contributed by atoms with Crippen molar-refractivity contribution in [2.75, 3.05) is 0 Å². The zero-order chi connectivity index (χ0) is 0. The van der Waals surface area contributed by atoms with E-state index in [0.717, 1.165) is 0 Å². The van der Waals surface area contributed by atoms with Crippen molar-refractivity contribution in [3.63, 3.8) is 0 Å². The fourth-order valence-corrected chi connectivity index (χ4v) is 0. The van der Waals surface area contributed by atoms with Crippen molar-refractivity contribution in [2.45, 2.75) is 0 Å². The fraction of sp³-hybridized carbons (Fsp3) is 0. The van der Waals surface area contributed by atoms with Gasteiger partial charge in [0.25, 0.3) is 0 Å². The second-order valence-electron chi connectivity index (χ2n) is 0. The third-order valence-corrected chi connectivity index (χ3v) is 0. The average molecular weight is 551 g/mol. The van der Waals surface area contributed by atoms with E-state index in [2.05, 4.69) is 0 Å². The third-order valence-electron chi connectivity index (χ3n) is 0. The van der Waals surface area contributed by atoms with Gasteiger partial charge in [0.1, 0.15) is 0 Å². The van der Waals surface area contributed by atoms with Gasteiger partial charge in [-0.2, -0.15) is 0 Å². The molecular weight excluding hydrogens is 548 g/mol. The van der Waals surface area contributed by atoms with Crippen LogP contribution in [-0.4, -0.2) is 16.4 Å². The Hall–Kier alpha value is 2.23. The molecule has 8 heavy (non-hydrogen) atoms. The van der Waals surface area contributed by atoms with Crippen molar-refractivity contribution in [1.82, 2.24) is 0 Å².